The molecule has 0 spiro atoms. The number of aromatic nitrogens is 3. The van der Waals surface area contributed by atoms with Crippen molar-refractivity contribution in [3.05, 3.63) is 22.0 Å². The second-order valence-corrected chi connectivity index (χ2v) is 7.21. The fourth-order valence-electron chi connectivity index (χ4n) is 1.83. The molecule has 2 aromatic heterocycles. The van der Waals surface area contributed by atoms with Crippen LogP contribution in [0.2, 0.25) is 0 Å². The summed E-state index contributed by atoms with van der Waals surface area (Å²) < 4.78 is 28.8. The van der Waals surface area contributed by atoms with Crippen LogP contribution in [0.25, 0.3) is 0 Å². The zero-order valence-electron chi connectivity index (χ0n) is 11.5. The maximum atomic E-state index is 12.4. The van der Waals surface area contributed by atoms with Gasteiger partial charge in [-0.15, -0.1) is 11.3 Å². The van der Waals surface area contributed by atoms with E-state index in [0.717, 1.165) is 10.6 Å². The van der Waals surface area contributed by atoms with Gasteiger partial charge in [0.2, 0.25) is 0 Å². The first-order valence-electron chi connectivity index (χ1n) is 5.69. The molecule has 6 nitrogen and oxygen atoms in total. The Kier molecular flexibility index (Phi) is 3.40. The molecule has 0 saturated carbocycles. The lowest BCUT2D eigenvalue weighted by Gasteiger charge is -2.05. The van der Waals surface area contributed by atoms with Crippen LogP contribution in [0.15, 0.2) is 4.90 Å². The number of thiazole rings is 1. The fraction of sp³-hybridized carbons (Fsp3) is 0.455. The van der Waals surface area contributed by atoms with E-state index >= 15 is 0 Å². The van der Waals surface area contributed by atoms with Crippen molar-refractivity contribution in [3.63, 3.8) is 0 Å². The normalized spacial score (nSPS) is 11.8. The molecule has 1 N–H and O–H groups in total. The molecule has 0 fully saturated rings. The molecule has 2 aromatic rings. The van der Waals surface area contributed by atoms with E-state index in [-0.39, 0.29) is 4.90 Å². The van der Waals surface area contributed by atoms with Crippen LogP contribution in [0.1, 0.15) is 22.0 Å². The van der Waals surface area contributed by atoms with Gasteiger partial charge in [-0.3, -0.25) is 9.40 Å². The molecule has 0 aliphatic heterocycles. The third-order valence-corrected chi connectivity index (χ3v) is 5.67. The summed E-state index contributed by atoms with van der Waals surface area (Å²) in [5, 5.41) is 4.51. The van der Waals surface area contributed by atoms with Gasteiger partial charge in [-0.2, -0.15) is 5.10 Å². The van der Waals surface area contributed by atoms with Gasteiger partial charge >= 0.3 is 0 Å². The smallest absolute Gasteiger partial charge is 0.267 e. The molecule has 0 aliphatic carbocycles. The minimum atomic E-state index is -3.64. The Labute approximate surface area is 116 Å². The predicted octanol–water partition coefficient (Wildman–Crippen LogP) is 1.91. The highest BCUT2D eigenvalue weighted by atomic mass is 32.2. The Hall–Kier alpha value is -1.41. The Morgan fingerprint density at radius 2 is 1.79 bits per heavy atom. The second kappa shape index (κ2) is 4.61. The number of nitrogens with zero attached hydrogens (tertiary/aromatic N) is 3. The maximum absolute atomic E-state index is 12.4. The number of aryl methyl sites for hydroxylation is 4. The monoisotopic (exact) mass is 300 g/mol. The molecule has 104 valence electrons. The molecule has 19 heavy (non-hydrogen) atoms. The van der Waals surface area contributed by atoms with Gasteiger partial charge in [0.25, 0.3) is 10.0 Å². The number of anilines is 1. The standard InChI is InChI=1S/C11H16N4O2S2/c1-6-9(4)18-11(12-6)14-19(16,17)10-7(2)13-15(5)8(10)3/h1-5H3,(H,12,14). The number of nitrogens with one attached hydrogen (secondary N) is 1. The van der Waals surface area contributed by atoms with Crippen LogP contribution >= 0.6 is 11.3 Å². The minimum Gasteiger partial charge on any atom is -0.271 e. The lowest BCUT2D eigenvalue weighted by Crippen LogP contribution is -2.14. The van der Waals surface area contributed by atoms with Crippen LogP contribution in [-0.2, 0) is 17.1 Å². The van der Waals surface area contributed by atoms with E-state index in [4.69, 9.17) is 0 Å². The number of hydrogen-bond acceptors (Lipinski definition) is 5. The summed E-state index contributed by atoms with van der Waals surface area (Å²) in [6, 6.07) is 0. The van der Waals surface area contributed by atoms with Gasteiger partial charge in [0.05, 0.1) is 17.1 Å². The van der Waals surface area contributed by atoms with E-state index in [2.05, 4.69) is 14.8 Å². The average molecular weight is 300 g/mol. The van der Waals surface area contributed by atoms with Crippen LogP contribution in [0, 0.1) is 27.7 Å². The van der Waals surface area contributed by atoms with E-state index in [0.29, 0.717) is 16.5 Å². The van der Waals surface area contributed by atoms with E-state index in [1.807, 2.05) is 13.8 Å². The molecule has 2 heterocycles. The molecular weight excluding hydrogens is 284 g/mol. The van der Waals surface area contributed by atoms with Crippen molar-refractivity contribution in [1.29, 1.82) is 0 Å². The first kappa shape index (κ1) is 14.0. The van der Waals surface area contributed by atoms with Crippen molar-refractivity contribution in [2.75, 3.05) is 4.72 Å². The summed E-state index contributed by atoms with van der Waals surface area (Å²) in [6.07, 6.45) is 0. The molecule has 2 rings (SSSR count). The third kappa shape index (κ3) is 2.50. The van der Waals surface area contributed by atoms with Gasteiger partial charge in [-0.25, -0.2) is 13.4 Å². The van der Waals surface area contributed by atoms with Crippen molar-refractivity contribution in [2.24, 2.45) is 7.05 Å². The zero-order chi connectivity index (χ0) is 14.4. The molecule has 0 radical (unpaired) electrons. The molecular formula is C11H16N4O2S2. The van der Waals surface area contributed by atoms with Gasteiger partial charge in [0.1, 0.15) is 4.90 Å². The fourth-order valence-corrected chi connectivity index (χ4v) is 4.32. The first-order valence-corrected chi connectivity index (χ1v) is 7.99. The van der Waals surface area contributed by atoms with Gasteiger partial charge in [-0.05, 0) is 27.7 Å². The summed E-state index contributed by atoms with van der Waals surface area (Å²) in [7, 11) is -1.92. The minimum absolute atomic E-state index is 0.223. The zero-order valence-corrected chi connectivity index (χ0v) is 13.1. The lowest BCUT2D eigenvalue weighted by molar-refractivity contribution is 0.599. The van der Waals surface area contributed by atoms with E-state index in [1.165, 1.54) is 11.3 Å². The van der Waals surface area contributed by atoms with Crippen molar-refractivity contribution in [1.82, 2.24) is 14.8 Å². The second-order valence-electron chi connectivity index (χ2n) is 4.39. The van der Waals surface area contributed by atoms with Gasteiger partial charge < -0.3 is 0 Å². The molecule has 0 atom stereocenters. The molecule has 0 unspecified atom stereocenters. The van der Waals surface area contributed by atoms with Crippen LogP contribution in [0.5, 0.6) is 0 Å². The van der Waals surface area contributed by atoms with Crippen LogP contribution in [-0.4, -0.2) is 23.2 Å². The van der Waals surface area contributed by atoms with Crippen LogP contribution < -0.4 is 4.72 Å². The van der Waals surface area contributed by atoms with Crippen LogP contribution in [0.3, 0.4) is 0 Å². The summed E-state index contributed by atoms with van der Waals surface area (Å²) >= 11 is 1.33. The highest BCUT2D eigenvalue weighted by molar-refractivity contribution is 7.93. The van der Waals surface area contributed by atoms with E-state index < -0.39 is 10.0 Å². The van der Waals surface area contributed by atoms with Gasteiger partial charge in [-0.1, -0.05) is 0 Å². The summed E-state index contributed by atoms with van der Waals surface area (Å²) in [5.41, 5.74) is 1.93. The average Bonchev–Trinajstić information content (AvgIpc) is 2.68. The maximum Gasteiger partial charge on any atom is 0.267 e. The predicted molar refractivity (Wildman–Crippen MR) is 75.1 cm³/mol. The molecule has 0 bridgehead atoms. The topological polar surface area (TPSA) is 76.9 Å². The van der Waals surface area contributed by atoms with Crippen molar-refractivity contribution in [3.8, 4) is 0 Å². The Morgan fingerprint density at radius 3 is 2.21 bits per heavy atom. The van der Waals surface area contributed by atoms with E-state index in [9.17, 15) is 8.42 Å². The van der Waals surface area contributed by atoms with Crippen molar-refractivity contribution in [2.45, 2.75) is 32.6 Å². The summed E-state index contributed by atoms with van der Waals surface area (Å²) in [4.78, 5) is 5.41. The number of sulfonamides is 1. The lowest BCUT2D eigenvalue weighted by atomic mass is 10.4. The Balaban J connectivity index is 2.43. The van der Waals surface area contributed by atoms with Gasteiger partial charge in [0, 0.05) is 11.9 Å². The molecule has 8 heteroatoms. The highest BCUT2D eigenvalue weighted by Crippen LogP contribution is 2.26. The van der Waals surface area contributed by atoms with E-state index in [1.54, 1.807) is 25.6 Å². The van der Waals surface area contributed by atoms with Gasteiger partial charge in [0.15, 0.2) is 5.13 Å². The van der Waals surface area contributed by atoms with Crippen molar-refractivity contribution >= 4 is 26.5 Å². The Bertz CT molecular complexity index is 709. The first-order chi connectivity index (χ1) is 8.72. The summed E-state index contributed by atoms with van der Waals surface area (Å²) in [6.45, 7) is 7.17. The SMILES string of the molecule is Cc1nc(NS(=O)(=O)c2c(C)nn(C)c2C)sc1C. The third-order valence-electron chi connectivity index (χ3n) is 2.96. The summed E-state index contributed by atoms with van der Waals surface area (Å²) in [5.74, 6) is 0. The van der Waals surface area contributed by atoms with Crippen molar-refractivity contribution < 1.29 is 8.42 Å². The Morgan fingerprint density at radius 1 is 1.16 bits per heavy atom. The number of hydrogen-bond donors (Lipinski definition) is 1. The molecule has 0 saturated heterocycles. The van der Waals surface area contributed by atoms with Crippen LogP contribution in [0.4, 0.5) is 5.13 Å². The highest BCUT2D eigenvalue weighted by Gasteiger charge is 2.24. The number of rotatable bonds is 3. The molecule has 0 amide bonds. The largest absolute Gasteiger partial charge is 0.271 e. The molecule has 0 aliphatic rings. The quantitative estimate of drug-likeness (QED) is 0.939. The molecule has 0 aromatic carbocycles.